The van der Waals surface area contributed by atoms with Crippen LogP contribution in [0.15, 0.2) is 42.5 Å². The third kappa shape index (κ3) is 3.09. The average molecular weight is 325 g/mol. The molecule has 0 spiro atoms. The number of benzene rings is 2. The third-order valence-electron chi connectivity index (χ3n) is 4.25. The quantitative estimate of drug-likeness (QED) is 0.692. The van der Waals surface area contributed by atoms with Crippen LogP contribution in [0.1, 0.15) is 33.1 Å². The van der Waals surface area contributed by atoms with Gasteiger partial charge in [0.15, 0.2) is 0 Å². The van der Waals surface area contributed by atoms with Crippen molar-refractivity contribution in [1.82, 2.24) is 5.32 Å². The number of hydrogen-bond acceptors (Lipinski definition) is 3. The van der Waals surface area contributed by atoms with Gasteiger partial charge in [-0.15, -0.1) is 0 Å². The summed E-state index contributed by atoms with van der Waals surface area (Å²) in [6.45, 7) is 1.77. The maximum atomic E-state index is 12.2. The summed E-state index contributed by atoms with van der Waals surface area (Å²) in [6.07, 6.45) is -0.148. The van der Waals surface area contributed by atoms with Crippen molar-refractivity contribution >= 4 is 17.6 Å². The van der Waals surface area contributed by atoms with Crippen molar-refractivity contribution in [3.05, 3.63) is 64.7 Å². The van der Waals surface area contributed by atoms with Gasteiger partial charge in [0.25, 0.3) is 0 Å². The normalized spacial score (nSPS) is 18.8. The van der Waals surface area contributed by atoms with Crippen molar-refractivity contribution in [2.24, 2.45) is 5.73 Å². The van der Waals surface area contributed by atoms with E-state index in [1.807, 2.05) is 24.3 Å². The Morgan fingerprint density at radius 2 is 1.96 bits per heavy atom. The number of aryl methyl sites for hydroxylation is 1. The molecule has 0 saturated carbocycles. The van der Waals surface area contributed by atoms with E-state index in [2.05, 4.69) is 10.6 Å². The Kier molecular flexibility index (Phi) is 4.22. The van der Waals surface area contributed by atoms with Crippen LogP contribution in [-0.2, 0) is 6.42 Å². The first-order chi connectivity index (χ1) is 11.5. The summed E-state index contributed by atoms with van der Waals surface area (Å²) in [5.74, 6) is -0.545. The maximum absolute atomic E-state index is 12.2. The zero-order chi connectivity index (χ0) is 17.3. The molecular formula is C18H19N3O3. The van der Waals surface area contributed by atoms with Gasteiger partial charge in [0.1, 0.15) is 0 Å². The number of hydrogen-bond donors (Lipinski definition) is 4. The SMILES string of the molecule is Cc1ccc(NC(=O)N[C@H]2c3ccccc3C[C@H]2O)cc1C(N)=O. The van der Waals surface area contributed by atoms with Crippen molar-refractivity contribution in [1.29, 1.82) is 0 Å². The van der Waals surface area contributed by atoms with Gasteiger partial charge in [-0.3, -0.25) is 4.79 Å². The van der Waals surface area contributed by atoms with Gasteiger partial charge in [0.05, 0.1) is 12.1 Å². The van der Waals surface area contributed by atoms with Crippen LogP contribution < -0.4 is 16.4 Å². The first-order valence-corrected chi connectivity index (χ1v) is 7.69. The number of carbonyl (C=O) groups is 2. The van der Waals surface area contributed by atoms with E-state index in [4.69, 9.17) is 5.73 Å². The second-order valence-corrected chi connectivity index (χ2v) is 5.94. The summed E-state index contributed by atoms with van der Waals surface area (Å²) in [6, 6.07) is 11.7. The van der Waals surface area contributed by atoms with E-state index < -0.39 is 24.1 Å². The minimum atomic E-state index is -0.660. The fourth-order valence-corrected chi connectivity index (χ4v) is 3.02. The molecular weight excluding hydrogens is 306 g/mol. The summed E-state index contributed by atoms with van der Waals surface area (Å²) in [5.41, 5.74) is 8.83. The minimum Gasteiger partial charge on any atom is -0.390 e. The number of primary amides is 1. The molecule has 0 aliphatic heterocycles. The van der Waals surface area contributed by atoms with E-state index in [-0.39, 0.29) is 0 Å². The topological polar surface area (TPSA) is 104 Å². The highest BCUT2D eigenvalue weighted by molar-refractivity contribution is 5.97. The zero-order valence-electron chi connectivity index (χ0n) is 13.2. The summed E-state index contributed by atoms with van der Waals surface area (Å²) in [7, 11) is 0. The summed E-state index contributed by atoms with van der Waals surface area (Å²) in [5, 5.41) is 15.6. The van der Waals surface area contributed by atoms with Gasteiger partial charge < -0.3 is 21.5 Å². The number of nitrogens with one attached hydrogen (secondary N) is 2. The molecule has 2 atom stereocenters. The van der Waals surface area contributed by atoms with Crippen molar-refractivity contribution in [3.8, 4) is 0 Å². The minimum absolute atomic E-state index is 0.360. The molecule has 1 aliphatic rings. The van der Waals surface area contributed by atoms with E-state index in [1.54, 1.807) is 19.1 Å². The number of anilines is 1. The standard InChI is InChI=1S/C18H19N3O3/c1-10-6-7-12(9-14(10)17(19)23)20-18(24)21-16-13-5-3-2-4-11(13)8-15(16)22/h2-7,9,15-16,22H,8H2,1H3,(H2,19,23)(H2,20,21,24)/t15-,16+/m1/s1. The molecule has 6 heteroatoms. The summed E-state index contributed by atoms with van der Waals surface area (Å²) < 4.78 is 0. The smallest absolute Gasteiger partial charge is 0.319 e. The molecule has 0 fully saturated rings. The highest BCUT2D eigenvalue weighted by atomic mass is 16.3. The highest BCUT2D eigenvalue weighted by Gasteiger charge is 2.31. The predicted molar refractivity (Wildman–Crippen MR) is 90.7 cm³/mol. The van der Waals surface area contributed by atoms with Crippen LogP contribution in [0.5, 0.6) is 0 Å². The largest absolute Gasteiger partial charge is 0.390 e. The molecule has 0 heterocycles. The van der Waals surface area contributed by atoms with E-state index in [1.165, 1.54) is 6.07 Å². The molecule has 3 amide bonds. The molecule has 5 N–H and O–H groups in total. The fourth-order valence-electron chi connectivity index (χ4n) is 3.02. The number of rotatable bonds is 3. The lowest BCUT2D eigenvalue weighted by molar-refractivity contribution is 0.0999. The van der Waals surface area contributed by atoms with Crippen LogP contribution in [0.25, 0.3) is 0 Å². The van der Waals surface area contributed by atoms with Crippen molar-refractivity contribution in [2.75, 3.05) is 5.32 Å². The molecule has 0 bridgehead atoms. The Balaban J connectivity index is 1.73. The predicted octanol–water partition coefficient (Wildman–Crippen LogP) is 1.87. The number of carbonyl (C=O) groups excluding carboxylic acids is 2. The van der Waals surface area contributed by atoms with Gasteiger partial charge in [-0.1, -0.05) is 30.3 Å². The maximum Gasteiger partial charge on any atom is 0.319 e. The number of aliphatic hydroxyl groups excluding tert-OH is 1. The summed E-state index contributed by atoms with van der Waals surface area (Å²) in [4.78, 5) is 23.6. The van der Waals surface area contributed by atoms with Gasteiger partial charge in [-0.25, -0.2) is 4.79 Å². The number of aliphatic hydroxyl groups is 1. The van der Waals surface area contributed by atoms with E-state index >= 15 is 0 Å². The number of urea groups is 1. The zero-order valence-corrected chi connectivity index (χ0v) is 13.2. The van der Waals surface area contributed by atoms with E-state index in [0.29, 0.717) is 17.7 Å². The van der Waals surface area contributed by atoms with Gasteiger partial charge in [-0.2, -0.15) is 0 Å². The van der Waals surface area contributed by atoms with Gasteiger partial charge >= 0.3 is 6.03 Å². The van der Waals surface area contributed by atoms with Crippen LogP contribution >= 0.6 is 0 Å². The first-order valence-electron chi connectivity index (χ1n) is 7.69. The molecule has 1 aliphatic carbocycles. The molecule has 24 heavy (non-hydrogen) atoms. The van der Waals surface area contributed by atoms with Crippen LogP contribution in [0.2, 0.25) is 0 Å². The average Bonchev–Trinajstić information content (AvgIpc) is 2.85. The van der Waals surface area contributed by atoms with Crippen LogP contribution in [0.3, 0.4) is 0 Å². The van der Waals surface area contributed by atoms with Gasteiger partial charge in [0, 0.05) is 17.7 Å². The highest BCUT2D eigenvalue weighted by Crippen LogP contribution is 2.31. The van der Waals surface area contributed by atoms with E-state index in [9.17, 15) is 14.7 Å². The van der Waals surface area contributed by atoms with Crippen molar-refractivity contribution < 1.29 is 14.7 Å². The summed E-state index contributed by atoms with van der Waals surface area (Å²) >= 11 is 0. The van der Waals surface area contributed by atoms with Crippen LogP contribution in [0.4, 0.5) is 10.5 Å². The number of fused-ring (bicyclic) bond motifs is 1. The molecule has 3 rings (SSSR count). The third-order valence-corrected chi connectivity index (χ3v) is 4.25. The Hall–Kier alpha value is -2.86. The fraction of sp³-hybridized carbons (Fsp3) is 0.222. The molecule has 0 unspecified atom stereocenters. The first kappa shape index (κ1) is 16.0. The molecule has 124 valence electrons. The number of amides is 3. The Morgan fingerprint density at radius 3 is 2.71 bits per heavy atom. The monoisotopic (exact) mass is 325 g/mol. The van der Waals surface area contributed by atoms with Crippen LogP contribution in [-0.4, -0.2) is 23.1 Å². The second-order valence-electron chi connectivity index (χ2n) is 5.94. The molecule has 2 aromatic rings. The molecule has 0 aromatic heterocycles. The Labute approximate surface area is 139 Å². The molecule has 0 radical (unpaired) electrons. The van der Waals surface area contributed by atoms with Crippen molar-refractivity contribution in [3.63, 3.8) is 0 Å². The Morgan fingerprint density at radius 1 is 1.21 bits per heavy atom. The van der Waals surface area contributed by atoms with Gasteiger partial charge in [0.2, 0.25) is 5.91 Å². The molecule has 6 nitrogen and oxygen atoms in total. The lowest BCUT2D eigenvalue weighted by atomic mass is 10.1. The van der Waals surface area contributed by atoms with E-state index in [0.717, 1.165) is 16.7 Å². The van der Waals surface area contributed by atoms with Crippen LogP contribution in [0, 0.1) is 6.92 Å². The Bertz CT molecular complexity index is 804. The lowest BCUT2D eigenvalue weighted by Gasteiger charge is -2.18. The molecule has 0 saturated heterocycles. The second kappa shape index (κ2) is 6.33. The number of nitrogens with two attached hydrogens (primary N) is 1. The molecule has 2 aromatic carbocycles. The lowest BCUT2D eigenvalue weighted by Crippen LogP contribution is -2.36. The van der Waals surface area contributed by atoms with Crippen molar-refractivity contribution in [2.45, 2.75) is 25.5 Å². The van der Waals surface area contributed by atoms with Gasteiger partial charge in [-0.05, 0) is 35.7 Å².